The van der Waals surface area contributed by atoms with Gasteiger partial charge < -0.3 is 15.4 Å². The summed E-state index contributed by atoms with van der Waals surface area (Å²) in [7, 11) is -3.65. The summed E-state index contributed by atoms with van der Waals surface area (Å²) in [5.74, 6) is 1.43. The molecular formula is C32H32N6O3S. The number of hydrogen-bond acceptors (Lipinski definition) is 8. The summed E-state index contributed by atoms with van der Waals surface area (Å²) in [5.41, 5.74) is 3.50. The van der Waals surface area contributed by atoms with E-state index in [4.69, 9.17) is 9.72 Å². The first kappa shape index (κ1) is 27.6. The molecule has 0 bridgehead atoms. The van der Waals surface area contributed by atoms with Crippen LogP contribution in [-0.2, 0) is 15.8 Å². The van der Waals surface area contributed by atoms with Crippen LogP contribution >= 0.6 is 0 Å². The molecule has 1 atom stereocenters. The Morgan fingerprint density at radius 2 is 1.81 bits per heavy atom. The number of nitrogens with one attached hydrogen (secondary N) is 3. The van der Waals surface area contributed by atoms with Gasteiger partial charge in [0.05, 0.1) is 22.7 Å². The van der Waals surface area contributed by atoms with Crippen LogP contribution in [0.1, 0.15) is 24.0 Å². The fourth-order valence-corrected chi connectivity index (χ4v) is 6.38. The van der Waals surface area contributed by atoms with Crippen molar-refractivity contribution in [3.05, 3.63) is 102 Å². The zero-order valence-corrected chi connectivity index (χ0v) is 24.1. The van der Waals surface area contributed by atoms with Gasteiger partial charge in [0.2, 0.25) is 21.9 Å². The number of ether oxygens (including phenoxy) is 1. The molecule has 42 heavy (non-hydrogen) atoms. The van der Waals surface area contributed by atoms with E-state index in [1.165, 1.54) is 0 Å². The zero-order valence-electron chi connectivity index (χ0n) is 23.2. The highest BCUT2D eigenvalue weighted by atomic mass is 32.2. The molecule has 1 aliphatic rings. The maximum Gasteiger partial charge on any atom is 0.236 e. The minimum atomic E-state index is -3.65. The molecule has 0 spiro atoms. The van der Waals surface area contributed by atoms with Gasteiger partial charge in [0.1, 0.15) is 5.75 Å². The molecule has 10 heteroatoms. The third-order valence-corrected chi connectivity index (χ3v) is 8.45. The Bertz CT molecular complexity index is 1810. The summed E-state index contributed by atoms with van der Waals surface area (Å²) in [4.78, 5) is 13.7. The summed E-state index contributed by atoms with van der Waals surface area (Å²) in [5, 5.41) is 8.32. The Labute approximate surface area is 245 Å². The summed E-state index contributed by atoms with van der Waals surface area (Å²) in [6.45, 7) is 3.86. The number of anilines is 2. The molecule has 0 amide bonds. The number of piperidine rings is 1. The van der Waals surface area contributed by atoms with Gasteiger partial charge in [-0.1, -0.05) is 54.6 Å². The Hall–Kier alpha value is -4.54. The van der Waals surface area contributed by atoms with Gasteiger partial charge >= 0.3 is 0 Å². The number of nitrogens with zero attached hydrogens (tertiary/aromatic N) is 3. The second-order valence-corrected chi connectivity index (χ2v) is 12.1. The summed E-state index contributed by atoms with van der Waals surface area (Å²) >= 11 is 0. The molecule has 0 radical (unpaired) electrons. The van der Waals surface area contributed by atoms with Crippen LogP contribution in [0.3, 0.4) is 0 Å². The van der Waals surface area contributed by atoms with Crippen LogP contribution in [0.25, 0.3) is 22.0 Å². The van der Waals surface area contributed by atoms with Crippen LogP contribution in [0.4, 0.5) is 11.6 Å². The number of pyridine rings is 1. The smallest absolute Gasteiger partial charge is 0.236 e. The molecule has 2 aromatic heterocycles. The highest BCUT2D eigenvalue weighted by Crippen LogP contribution is 2.39. The monoisotopic (exact) mass is 580 g/mol. The van der Waals surface area contributed by atoms with Crippen LogP contribution in [-0.4, -0.2) is 42.5 Å². The van der Waals surface area contributed by atoms with E-state index in [1.807, 2.05) is 67.6 Å². The van der Waals surface area contributed by atoms with Crippen molar-refractivity contribution >= 4 is 32.4 Å². The van der Waals surface area contributed by atoms with E-state index < -0.39 is 10.0 Å². The minimum Gasteiger partial charge on any atom is -0.437 e. The van der Waals surface area contributed by atoms with Gasteiger partial charge in [-0.25, -0.2) is 23.4 Å². The molecule has 0 saturated carbocycles. The van der Waals surface area contributed by atoms with Crippen LogP contribution in [0, 0.1) is 6.92 Å². The van der Waals surface area contributed by atoms with Crippen molar-refractivity contribution in [1.29, 1.82) is 0 Å². The van der Waals surface area contributed by atoms with Gasteiger partial charge in [-0.2, -0.15) is 0 Å². The lowest BCUT2D eigenvalue weighted by Crippen LogP contribution is -2.38. The van der Waals surface area contributed by atoms with Crippen LogP contribution in [0.2, 0.25) is 0 Å². The van der Waals surface area contributed by atoms with E-state index in [0.29, 0.717) is 34.5 Å². The Morgan fingerprint density at radius 1 is 0.929 bits per heavy atom. The van der Waals surface area contributed by atoms with E-state index in [9.17, 15) is 8.42 Å². The van der Waals surface area contributed by atoms with Crippen LogP contribution < -0.4 is 20.1 Å². The predicted molar refractivity (Wildman–Crippen MR) is 166 cm³/mol. The Balaban J connectivity index is 1.30. The molecule has 1 saturated heterocycles. The second-order valence-electron chi connectivity index (χ2n) is 10.4. The highest BCUT2D eigenvalue weighted by molar-refractivity contribution is 7.91. The maximum atomic E-state index is 13.0. The van der Waals surface area contributed by atoms with Crippen molar-refractivity contribution in [1.82, 2.24) is 20.3 Å². The first-order chi connectivity index (χ1) is 20.4. The van der Waals surface area contributed by atoms with Crippen molar-refractivity contribution in [2.75, 3.05) is 23.1 Å². The van der Waals surface area contributed by atoms with E-state index in [2.05, 4.69) is 25.3 Å². The lowest BCUT2D eigenvalue weighted by Gasteiger charge is -2.23. The molecule has 3 N–H and O–H groups in total. The average Bonchev–Trinajstić information content (AvgIpc) is 3.00. The van der Waals surface area contributed by atoms with Gasteiger partial charge in [-0.05, 0) is 61.7 Å². The van der Waals surface area contributed by atoms with Gasteiger partial charge in [-0.15, -0.1) is 0 Å². The van der Waals surface area contributed by atoms with Crippen molar-refractivity contribution in [3.63, 3.8) is 0 Å². The summed E-state index contributed by atoms with van der Waals surface area (Å²) < 4.78 is 35.3. The highest BCUT2D eigenvalue weighted by Gasteiger charge is 2.19. The Morgan fingerprint density at radius 3 is 2.64 bits per heavy atom. The normalized spacial score (nSPS) is 15.3. The summed E-state index contributed by atoms with van der Waals surface area (Å²) in [6, 6.07) is 24.3. The molecule has 6 rings (SSSR count). The number of aromatic nitrogens is 3. The fourth-order valence-electron chi connectivity index (χ4n) is 5.16. The molecule has 1 fully saturated rings. The third kappa shape index (κ3) is 6.35. The lowest BCUT2D eigenvalue weighted by molar-refractivity contribution is 0.466. The van der Waals surface area contributed by atoms with Crippen molar-refractivity contribution in [3.8, 4) is 22.9 Å². The van der Waals surface area contributed by atoms with Crippen LogP contribution in [0.15, 0.2) is 91.3 Å². The van der Waals surface area contributed by atoms with E-state index >= 15 is 0 Å². The fraction of sp³-hybridized carbons (Fsp3) is 0.219. The molecule has 1 aliphatic heterocycles. The number of sulfonamides is 1. The SMILES string of the molecule is Cc1ccc2c(NS(=O)(=O)Cc3ccccc3)cccc2c1Oc1ncccc1-c1ccnc(NC2CCCNC2)n1. The largest absolute Gasteiger partial charge is 0.437 e. The van der Waals surface area contributed by atoms with Gasteiger partial charge in [0.25, 0.3) is 0 Å². The lowest BCUT2D eigenvalue weighted by atomic mass is 10.0. The van der Waals surface area contributed by atoms with Crippen molar-refractivity contribution in [2.24, 2.45) is 0 Å². The molecule has 214 valence electrons. The molecular weight excluding hydrogens is 548 g/mol. The van der Waals surface area contributed by atoms with E-state index in [-0.39, 0.29) is 11.8 Å². The van der Waals surface area contributed by atoms with Crippen molar-refractivity contribution < 1.29 is 13.2 Å². The Kier molecular flexibility index (Phi) is 7.98. The molecule has 3 heterocycles. The van der Waals surface area contributed by atoms with Crippen molar-refractivity contribution in [2.45, 2.75) is 31.6 Å². The molecule has 1 unspecified atom stereocenters. The quantitative estimate of drug-likeness (QED) is 0.197. The van der Waals surface area contributed by atoms with Crippen LogP contribution in [0.5, 0.6) is 11.6 Å². The number of fused-ring (bicyclic) bond motifs is 1. The standard InChI is InChI=1S/C32H32N6O3S/c1-22-14-15-25-26(11-5-13-29(25)38-42(39,40)21-23-8-3-2-4-9-23)30(22)41-31-27(12-7-18-34-31)28-16-19-35-32(37-28)36-24-10-6-17-33-20-24/h2-5,7-9,11-16,18-19,24,33,38H,6,10,17,20-21H2,1H3,(H,35,36,37). The van der Waals surface area contributed by atoms with Gasteiger partial charge in [0, 0.05) is 35.8 Å². The minimum absolute atomic E-state index is 0.121. The number of rotatable bonds is 9. The second kappa shape index (κ2) is 12.1. The average molecular weight is 581 g/mol. The molecule has 0 aliphatic carbocycles. The molecule has 5 aromatic rings. The number of benzene rings is 3. The third-order valence-electron chi connectivity index (χ3n) is 7.21. The van der Waals surface area contributed by atoms with E-state index in [0.717, 1.165) is 47.8 Å². The topological polar surface area (TPSA) is 118 Å². The van der Waals surface area contributed by atoms with Gasteiger partial charge in [0.15, 0.2) is 0 Å². The van der Waals surface area contributed by atoms with Gasteiger partial charge in [-0.3, -0.25) is 4.72 Å². The first-order valence-corrected chi connectivity index (χ1v) is 15.6. The van der Waals surface area contributed by atoms with E-state index in [1.54, 1.807) is 30.6 Å². The number of hydrogen-bond donors (Lipinski definition) is 3. The summed E-state index contributed by atoms with van der Waals surface area (Å²) in [6.07, 6.45) is 5.58. The maximum absolute atomic E-state index is 13.0. The predicted octanol–water partition coefficient (Wildman–Crippen LogP) is 5.90. The zero-order chi connectivity index (χ0) is 28.9. The molecule has 3 aromatic carbocycles. The number of aryl methyl sites for hydroxylation is 1. The first-order valence-electron chi connectivity index (χ1n) is 14.0. The molecule has 9 nitrogen and oxygen atoms in total.